The molecular formula is C85H118N24O17S. The molecule has 0 bridgehead atoms. The van der Waals surface area contributed by atoms with Gasteiger partial charge in [-0.3, -0.25) is 62.5 Å². The zero-order valence-corrected chi connectivity index (χ0v) is 72.2. The van der Waals surface area contributed by atoms with Crippen molar-refractivity contribution in [2.45, 2.75) is 167 Å². The predicted molar refractivity (Wildman–Crippen MR) is 462 cm³/mol. The van der Waals surface area contributed by atoms with Crippen LogP contribution in [0.25, 0.3) is 10.4 Å². The molecule has 8 rings (SSSR count). The Bertz CT molecular complexity index is 4670. The summed E-state index contributed by atoms with van der Waals surface area (Å²) < 4.78 is 21.9. The fourth-order valence-electron chi connectivity index (χ4n) is 15.2. The Hall–Kier alpha value is -12.0. The third-order valence-corrected chi connectivity index (χ3v) is 22.7. The number of carboxylic acids is 1. The van der Waals surface area contributed by atoms with Crippen LogP contribution in [-0.2, 0) is 128 Å². The minimum atomic E-state index is -1.22. The molecule has 0 spiro atoms. The number of imidazole rings is 8. The molecule has 1 amide bonds. The lowest BCUT2D eigenvalue weighted by molar-refractivity contribution is -0.144. The van der Waals surface area contributed by atoms with Gasteiger partial charge in [-0.15, -0.1) is 0 Å². The Labute approximate surface area is 738 Å². The van der Waals surface area contributed by atoms with Crippen molar-refractivity contribution in [1.82, 2.24) is 85.1 Å². The van der Waals surface area contributed by atoms with Gasteiger partial charge in [-0.2, -0.15) is 12.6 Å². The molecule has 0 saturated heterocycles. The molecule has 0 aliphatic heterocycles. The highest BCUT2D eigenvalue weighted by Crippen LogP contribution is 2.32. The molecule has 8 aromatic heterocycles. The number of ether oxygens (including phenoxy) is 4. The number of nitrogens with two attached hydrogens (primary N) is 3. The quantitative estimate of drug-likeness (QED) is 0.00437. The number of azide groups is 1. The molecule has 41 nitrogen and oxygen atoms in total. The van der Waals surface area contributed by atoms with Crippen molar-refractivity contribution in [2.24, 2.45) is 86.5 Å². The number of Topliss-reactive ketones (excluding diaryl/α,β-unsaturated/α-hetero) is 10. The number of aromatic amines is 8. The van der Waals surface area contributed by atoms with Crippen molar-refractivity contribution in [1.29, 1.82) is 0 Å². The van der Waals surface area contributed by atoms with E-state index >= 15 is 28.8 Å². The average Bonchev–Trinajstić information content (AvgIpc) is 1.81. The highest BCUT2D eigenvalue weighted by Gasteiger charge is 2.39. The maximum absolute atomic E-state index is 15.5. The number of rotatable bonds is 73. The molecule has 8 aromatic rings. The summed E-state index contributed by atoms with van der Waals surface area (Å²) in [5.74, 6) is -17.3. The molecule has 0 aliphatic rings. The van der Waals surface area contributed by atoms with Crippen LogP contribution in [0.15, 0.2) is 110 Å². The standard InChI is InChI=1S/C85H118N24O17S/c86-72(36-71-44-97-53-107-71)82(119)33-61(24-69-42-95-51-105-69)78(115)30-58(21-66-39-92-48-102-66)75(112)26-54(5-1-3-8-98-83(120)7-11-123-13-15-125-17-18-126-16-14-124-12-10-108-109-89)73(110)28-56(19-64-37-90-46-100-64)77(114)32-60(23-68-41-94-50-104-68)80(117)35-63(45-127)81(118)27-55(6-2-4-9-99-85(87)88)74(111)29-57(20-65-38-91-47-101-65)76(113)31-59(22-67-40-93-49-103-67)79(116)34-62(84(121)122)25-70-43-96-52-106-70/h37-44,46-63,72,127H,1-36,45,86H2,(H,90,100)(H,91,101)(H,92,102)(H,93,103)(H,94,104)(H,95,105)(H,96,106)(H,97,107)(H,98,120)(H,121,122)(H4,87,88,99). The topological polar surface area (TPSA) is 643 Å². The van der Waals surface area contributed by atoms with Crippen LogP contribution in [0.2, 0.25) is 0 Å². The Balaban J connectivity index is 0.990. The molecule has 42 heteroatoms. The third kappa shape index (κ3) is 37.6. The van der Waals surface area contributed by atoms with Gasteiger partial charge in [0.15, 0.2) is 11.7 Å². The van der Waals surface area contributed by atoms with Gasteiger partial charge >= 0.3 is 5.97 Å². The van der Waals surface area contributed by atoms with E-state index in [9.17, 15) is 33.9 Å². The van der Waals surface area contributed by atoms with Crippen LogP contribution >= 0.6 is 12.6 Å². The van der Waals surface area contributed by atoms with Gasteiger partial charge in [0.25, 0.3) is 0 Å². The number of H-pyrrole nitrogens is 8. The number of amides is 1. The fourth-order valence-corrected chi connectivity index (χ4v) is 15.5. The number of hydrogen-bond acceptors (Lipinski definition) is 28. The summed E-state index contributed by atoms with van der Waals surface area (Å²) in [6, 6.07) is -0.996. The smallest absolute Gasteiger partial charge is 0.307 e. The van der Waals surface area contributed by atoms with Crippen molar-refractivity contribution in [3.63, 3.8) is 0 Å². The van der Waals surface area contributed by atoms with Crippen LogP contribution in [0, 0.1) is 59.2 Å². The lowest BCUT2D eigenvalue weighted by Gasteiger charge is -2.25. The normalized spacial score (nSPS) is 14.1. The molecule has 686 valence electrons. The number of unbranched alkanes of at least 4 members (excludes halogenated alkanes) is 2. The Kier molecular flexibility index (Phi) is 44.5. The van der Waals surface area contributed by atoms with Crippen molar-refractivity contribution in [3.8, 4) is 0 Å². The number of aliphatic carboxylic acids is 1. The monoisotopic (exact) mass is 1780 g/mol. The van der Waals surface area contributed by atoms with Gasteiger partial charge in [-0.25, -0.2) is 39.9 Å². The molecule has 0 aliphatic carbocycles. The van der Waals surface area contributed by atoms with E-state index in [4.69, 9.17) is 41.7 Å². The average molecular weight is 1780 g/mol. The van der Waals surface area contributed by atoms with Crippen molar-refractivity contribution in [3.05, 3.63) is 156 Å². The largest absolute Gasteiger partial charge is 0.481 e. The molecule has 0 radical (unpaired) electrons. The Morgan fingerprint density at radius 1 is 0.370 bits per heavy atom. The zero-order chi connectivity index (χ0) is 90.9. The van der Waals surface area contributed by atoms with E-state index in [-0.39, 0.29) is 173 Å². The van der Waals surface area contributed by atoms with E-state index < -0.39 is 155 Å². The van der Waals surface area contributed by atoms with Gasteiger partial charge in [0.2, 0.25) is 5.91 Å². The van der Waals surface area contributed by atoms with E-state index in [1.165, 1.54) is 94.0 Å². The summed E-state index contributed by atoms with van der Waals surface area (Å²) in [4.78, 5) is 239. The molecule has 0 aromatic carbocycles. The lowest BCUT2D eigenvalue weighted by Crippen LogP contribution is -2.36. The minimum Gasteiger partial charge on any atom is -0.481 e. The molecule has 11 atom stereocenters. The summed E-state index contributed by atoms with van der Waals surface area (Å²) in [7, 11) is 0. The van der Waals surface area contributed by atoms with Crippen molar-refractivity contribution in [2.75, 3.05) is 78.2 Å². The zero-order valence-electron chi connectivity index (χ0n) is 71.3. The van der Waals surface area contributed by atoms with Crippen LogP contribution in [0.4, 0.5) is 0 Å². The van der Waals surface area contributed by atoms with Crippen molar-refractivity contribution >= 4 is 88.3 Å². The van der Waals surface area contributed by atoms with E-state index in [1.54, 1.807) is 6.20 Å². The number of ketones is 10. The summed E-state index contributed by atoms with van der Waals surface area (Å²) >= 11 is 4.61. The number of hydrogen-bond donors (Lipinski definition) is 14. The number of carbonyl (C=O) groups excluding carboxylic acids is 11. The Morgan fingerprint density at radius 3 is 0.961 bits per heavy atom. The van der Waals surface area contributed by atoms with Gasteiger partial charge in [0.1, 0.15) is 52.0 Å². The first kappa shape index (κ1) is 100. The summed E-state index contributed by atoms with van der Waals surface area (Å²) in [5.41, 5.74) is 30.2. The second-order valence-corrected chi connectivity index (χ2v) is 32.2. The number of aromatic nitrogens is 16. The van der Waals surface area contributed by atoms with Crippen LogP contribution in [0.5, 0.6) is 0 Å². The number of guanidine groups is 1. The SMILES string of the molecule is [N-]=[N+]=NCCOCCOCCOCCOCCC(=O)NCCCCC(CC(=O)C(CC(=O)C(CC(=O)C(N)Cc1cnc[nH]1)Cc1cnc[nH]1)Cc1cnc[nH]1)C(=O)CC(Cc1cnc[nH]1)C(=O)CC(Cc1cnc[nH]1)C(=O)CC(CS)C(=O)CC(CCCCN=C(N)N)C(=O)CC(Cc1cnc[nH]1)C(=O)CC(Cc1cnc[nH]1)C(=O)CC(Cc1cnc[nH]1)C(=O)O. The van der Waals surface area contributed by atoms with Crippen LogP contribution < -0.4 is 22.5 Å². The highest BCUT2D eigenvalue weighted by atomic mass is 32.1. The number of thiol groups is 1. The number of aliphatic imine (C=N–C) groups is 1. The molecule has 8 heterocycles. The number of carbonyl (C=O) groups is 12. The maximum Gasteiger partial charge on any atom is 0.307 e. The van der Waals surface area contributed by atoms with E-state index in [2.05, 4.69) is 113 Å². The first-order chi connectivity index (χ1) is 61.5. The molecular weight excluding hydrogens is 1660 g/mol. The number of nitrogens with zero attached hydrogens (tertiary/aromatic N) is 12. The summed E-state index contributed by atoms with van der Waals surface area (Å²) in [5, 5.41) is 16.6. The minimum absolute atomic E-state index is 0.00102. The lowest BCUT2D eigenvalue weighted by atomic mass is 9.78. The van der Waals surface area contributed by atoms with Gasteiger partial charge in [-0.05, 0) is 69.7 Å². The Morgan fingerprint density at radius 2 is 0.646 bits per heavy atom. The second-order valence-electron chi connectivity index (χ2n) is 31.9. The van der Waals surface area contributed by atoms with E-state index in [0.29, 0.717) is 97.7 Å². The highest BCUT2D eigenvalue weighted by molar-refractivity contribution is 7.80. The third-order valence-electron chi connectivity index (χ3n) is 22.2. The summed E-state index contributed by atoms with van der Waals surface area (Å²) in [6.07, 6.45) is 21.2. The van der Waals surface area contributed by atoms with E-state index in [1.807, 2.05) is 0 Å². The first-order valence-electron chi connectivity index (χ1n) is 42.8. The number of carboxylic acid groups (broad SMARTS) is 1. The van der Waals surface area contributed by atoms with Gasteiger partial charge < -0.3 is 86.4 Å². The predicted octanol–water partition coefficient (Wildman–Crippen LogP) is 5.31. The maximum atomic E-state index is 15.5. The molecule has 11 unspecified atom stereocenters. The van der Waals surface area contributed by atoms with E-state index in [0.717, 1.165) is 0 Å². The second kappa shape index (κ2) is 56.2. The molecule has 16 N–H and O–H groups in total. The molecule has 0 saturated carbocycles. The fraction of sp³-hybridized carbons (Fsp3) is 0.565. The first-order valence-corrected chi connectivity index (χ1v) is 43.4. The molecule has 0 fully saturated rings. The van der Waals surface area contributed by atoms with Gasteiger partial charge in [0.05, 0.1) is 115 Å². The van der Waals surface area contributed by atoms with Crippen molar-refractivity contribution < 1.29 is 81.6 Å². The van der Waals surface area contributed by atoms with Crippen LogP contribution in [-0.4, -0.2) is 245 Å². The van der Waals surface area contributed by atoms with Crippen LogP contribution in [0.1, 0.15) is 155 Å². The summed E-state index contributed by atoms with van der Waals surface area (Å²) in [6.45, 7) is 2.78. The molecule has 127 heavy (non-hydrogen) atoms. The number of nitrogens with one attached hydrogen (secondary N) is 9. The van der Waals surface area contributed by atoms with Crippen LogP contribution in [0.3, 0.4) is 0 Å². The van der Waals surface area contributed by atoms with Gasteiger partial charge in [0, 0.05) is 262 Å². The van der Waals surface area contributed by atoms with Gasteiger partial charge in [-0.1, -0.05) is 18.0 Å².